The molecule has 0 saturated heterocycles. The van der Waals surface area contributed by atoms with Gasteiger partial charge in [-0.1, -0.05) is 83.3 Å². The first-order valence-corrected chi connectivity index (χ1v) is 15.3. The van der Waals surface area contributed by atoms with Crippen LogP contribution >= 0.6 is 34.8 Å². The lowest BCUT2D eigenvalue weighted by Crippen LogP contribution is -2.57. The summed E-state index contributed by atoms with van der Waals surface area (Å²) in [5.41, 5.74) is 4.42. The number of rotatable bonds is 8. The average Bonchev–Trinajstić information content (AvgIpc) is 3.04. The summed E-state index contributed by atoms with van der Waals surface area (Å²) in [6.07, 6.45) is 0. The van der Waals surface area contributed by atoms with Gasteiger partial charge in [-0.15, -0.1) is 0 Å². The number of carbonyl (C=O) groups excluding carboxylic acids is 1. The van der Waals surface area contributed by atoms with E-state index in [1.54, 1.807) is 0 Å². The highest BCUT2D eigenvalue weighted by Gasteiger charge is 2.51. The summed E-state index contributed by atoms with van der Waals surface area (Å²) < 4.78 is 5.80. The van der Waals surface area contributed by atoms with Gasteiger partial charge < -0.3 is 20.3 Å². The maximum absolute atomic E-state index is 14.3. The van der Waals surface area contributed by atoms with E-state index in [0.29, 0.717) is 18.0 Å². The molecule has 0 bridgehead atoms. The molecule has 6 rings (SSSR count). The van der Waals surface area contributed by atoms with Gasteiger partial charge in [0.1, 0.15) is 16.3 Å². The Morgan fingerprint density at radius 2 is 1.44 bits per heavy atom. The second-order valence-corrected chi connectivity index (χ2v) is 11.6. The molecule has 5 aromatic rings. The van der Waals surface area contributed by atoms with Crippen LogP contribution in [0.5, 0.6) is 5.75 Å². The number of carbonyl (C=O) groups is 1. The lowest BCUT2D eigenvalue weighted by atomic mass is 9.73. The molecule has 2 heterocycles. The summed E-state index contributed by atoms with van der Waals surface area (Å²) in [4.78, 5) is 26.7. The van der Waals surface area contributed by atoms with Crippen LogP contribution in [-0.2, 0) is 5.54 Å². The van der Waals surface area contributed by atoms with Crippen molar-refractivity contribution in [3.63, 3.8) is 0 Å². The highest BCUT2D eigenvalue weighted by atomic mass is 35.5. The van der Waals surface area contributed by atoms with Crippen molar-refractivity contribution in [1.82, 2.24) is 9.97 Å². The molecule has 0 aliphatic carbocycles. The molecule has 1 aliphatic heterocycles. The minimum atomic E-state index is -1.28. The second kappa shape index (κ2) is 12.5. The van der Waals surface area contributed by atoms with Crippen molar-refractivity contribution in [2.45, 2.75) is 12.5 Å². The summed E-state index contributed by atoms with van der Waals surface area (Å²) >= 11 is 19.1. The van der Waals surface area contributed by atoms with Gasteiger partial charge in [0, 0.05) is 42.8 Å². The van der Waals surface area contributed by atoms with Crippen LogP contribution in [0.3, 0.4) is 0 Å². The highest BCUT2D eigenvalue weighted by Crippen LogP contribution is 2.51. The smallest absolute Gasteiger partial charge is 0.330 e. The van der Waals surface area contributed by atoms with Gasteiger partial charge in [0.2, 0.25) is 5.95 Å². The van der Waals surface area contributed by atoms with E-state index in [1.807, 2.05) is 123 Å². The number of benzene rings is 4. The molecule has 0 saturated carbocycles. The van der Waals surface area contributed by atoms with Gasteiger partial charge in [0.05, 0.1) is 12.3 Å². The minimum Gasteiger partial charge on any atom is -0.494 e. The van der Waals surface area contributed by atoms with Gasteiger partial charge in [0.15, 0.2) is 10.3 Å². The standard InChI is InChI=1S/C34H29Cl3N6O2/c1-4-45-26-18-19-27-28(20-26)39-33(44)43(32-40-30(36)29(35)31(37)41-32)34(27,22-12-16-25(17-13-22)42(2)3)21-10-14-24(15-11-21)38-23-8-6-5-7-9-23/h5-20,38H,4H2,1-3H3,(H,39,44). The maximum Gasteiger partial charge on any atom is 0.330 e. The van der Waals surface area contributed by atoms with Gasteiger partial charge in [-0.2, -0.15) is 9.97 Å². The second-order valence-electron chi connectivity index (χ2n) is 10.5. The van der Waals surface area contributed by atoms with Crippen LogP contribution in [0.25, 0.3) is 0 Å². The van der Waals surface area contributed by atoms with Crippen molar-refractivity contribution in [3.05, 3.63) is 129 Å². The number of halogens is 3. The number of nitrogens with zero attached hydrogens (tertiary/aromatic N) is 4. The molecule has 0 fully saturated rings. The average molecular weight is 660 g/mol. The van der Waals surface area contributed by atoms with Gasteiger partial charge in [0.25, 0.3) is 0 Å². The molecule has 1 aromatic heterocycles. The van der Waals surface area contributed by atoms with E-state index in [0.717, 1.165) is 33.8 Å². The van der Waals surface area contributed by atoms with Crippen molar-refractivity contribution in [3.8, 4) is 5.75 Å². The van der Waals surface area contributed by atoms with Crippen molar-refractivity contribution in [1.29, 1.82) is 0 Å². The Morgan fingerprint density at radius 1 is 0.844 bits per heavy atom. The number of urea groups is 1. The molecule has 11 heteroatoms. The van der Waals surface area contributed by atoms with Crippen LogP contribution in [0.4, 0.5) is 33.5 Å². The molecule has 8 nitrogen and oxygen atoms in total. The zero-order chi connectivity index (χ0) is 31.7. The van der Waals surface area contributed by atoms with Crippen LogP contribution in [0.2, 0.25) is 15.3 Å². The Balaban J connectivity index is 1.64. The maximum atomic E-state index is 14.3. The van der Waals surface area contributed by atoms with Crippen molar-refractivity contribution >= 4 is 69.5 Å². The number of amides is 2. The van der Waals surface area contributed by atoms with Crippen LogP contribution in [0, 0.1) is 0 Å². The number of fused-ring (bicyclic) bond motifs is 1. The Bertz CT molecular complexity index is 1830. The summed E-state index contributed by atoms with van der Waals surface area (Å²) in [5.74, 6) is 0.604. The summed E-state index contributed by atoms with van der Waals surface area (Å²) in [7, 11) is 3.94. The van der Waals surface area contributed by atoms with E-state index < -0.39 is 11.6 Å². The Labute approximate surface area is 276 Å². The lowest BCUT2D eigenvalue weighted by Gasteiger charge is -2.47. The van der Waals surface area contributed by atoms with Crippen molar-refractivity contribution in [2.75, 3.05) is 41.1 Å². The Morgan fingerprint density at radius 3 is 2.04 bits per heavy atom. The van der Waals surface area contributed by atoms with Gasteiger partial charge in [-0.05, 0) is 60.5 Å². The molecular weight excluding hydrogens is 631 g/mol. The molecule has 1 atom stereocenters. The van der Waals surface area contributed by atoms with Crippen molar-refractivity contribution < 1.29 is 9.53 Å². The number of aromatic nitrogens is 2. The number of anilines is 5. The third kappa shape index (κ3) is 5.61. The molecule has 2 N–H and O–H groups in total. The van der Waals surface area contributed by atoms with Crippen LogP contribution in [0.15, 0.2) is 97.1 Å². The van der Waals surface area contributed by atoms with Gasteiger partial charge >= 0.3 is 6.03 Å². The predicted molar refractivity (Wildman–Crippen MR) is 183 cm³/mol. The first kappa shape index (κ1) is 30.5. The van der Waals surface area contributed by atoms with E-state index in [2.05, 4.69) is 20.6 Å². The molecule has 0 radical (unpaired) electrons. The number of ether oxygens (including phenoxy) is 1. The molecule has 1 aliphatic rings. The van der Waals surface area contributed by atoms with Crippen LogP contribution < -0.4 is 25.2 Å². The Kier molecular flexibility index (Phi) is 8.46. The minimum absolute atomic E-state index is 0.00136. The highest BCUT2D eigenvalue weighted by molar-refractivity contribution is 6.47. The molecule has 45 heavy (non-hydrogen) atoms. The number of para-hydroxylation sites is 1. The van der Waals surface area contributed by atoms with Gasteiger partial charge in [-0.3, -0.25) is 0 Å². The largest absolute Gasteiger partial charge is 0.494 e. The fraction of sp³-hybridized carbons (Fsp3) is 0.147. The first-order chi connectivity index (χ1) is 21.7. The van der Waals surface area contributed by atoms with Gasteiger partial charge in [-0.25, -0.2) is 9.69 Å². The number of nitrogens with one attached hydrogen (secondary N) is 2. The van der Waals surface area contributed by atoms with Crippen LogP contribution in [-0.4, -0.2) is 36.7 Å². The number of hydrogen-bond donors (Lipinski definition) is 2. The van der Waals surface area contributed by atoms with E-state index >= 15 is 0 Å². The van der Waals surface area contributed by atoms with E-state index in [4.69, 9.17) is 39.5 Å². The quantitative estimate of drug-likeness (QED) is 0.162. The zero-order valence-electron chi connectivity index (χ0n) is 24.7. The first-order valence-electron chi connectivity index (χ1n) is 14.2. The third-order valence-corrected chi connectivity index (χ3v) is 8.70. The van der Waals surface area contributed by atoms with E-state index in [-0.39, 0.29) is 21.3 Å². The Hall–Kier alpha value is -4.50. The molecular formula is C34H29Cl3N6O2. The van der Waals surface area contributed by atoms with Crippen molar-refractivity contribution in [2.24, 2.45) is 0 Å². The zero-order valence-corrected chi connectivity index (χ0v) is 27.0. The summed E-state index contributed by atoms with van der Waals surface area (Å²) in [6.45, 7) is 2.38. The predicted octanol–water partition coefficient (Wildman–Crippen LogP) is 8.99. The van der Waals surface area contributed by atoms with E-state index in [1.165, 1.54) is 4.90 Å². The van der Waals surface area contributed by atoms with Crippen LogP contribution in [0.1, 0.15) is 23.6 Å². The topological polar surface area (TPSA) is 82.6 Å². The molecule has 1 unspecified atom stereocenters. The monoisotopic (exact) mass is 658 g/mol. The summed E-state index contributed by atoms with van der Waals surface area (Å²) in [5, 5.41) is 6.30. The third-order valence-electron chi connectivity index (χ3n) is 7.60. The lowest BCUT2D eigenvalue weighted by molar-refractivity contribution is 0.251. The number of hydrogen-bond acceptors (Lipinski definition) is 6. The fourth-order valence-electron chi connectivity index (χ4n) is 5.59. The molecule has 2 amide bonds. The molecule has 0 spiro atoms. The molecule has 4 aromatic carbocycles. The summed E-state index contributed by atoms with van der Waals surface area (Å²) in [6, 6.07) is 31.0. The normalized spacial score (nSPS) is 15.7. The van der Waals surface area contributed by atoms with E-state index in [9.17, 15) is 4.79 Å². The fourth-order valence-corrected chi connectivity index (χ4v) is 6.05. The molecule has 228 valence electrons. The SMILES string of the molecule is CCOc1ccc2c(c1)NC(=O)N(c1nc(Cl)c(Cl)c(Cl)n1)C2(c1ccc(Nc2ccccc2)cc1)c1ccc(N(C)C)cc1.